The lowest BCUT2D eigenvalue weighted by atomic mass is 10.2. The second kappa shape index (κ2) is 7.36. The van der Waals surface area contributed by atoms with E-state index >= 15 is 0 Å². The minimum absolute atomic E-state index is 0.228. The van der Waals surface area contributed by atoms with Crippen LogP contribution in [0, 0.1) is 6.92 Å². The molecule has 0 bridgehead atoms. The van der Waals surface area contributed by atoms with Crippen LogP contribution in [0.4, 0.5) is 0 Å². The van der Waals surface area contributed by atoms with Crippen molar-refractivity contribution in [1.29, 1.82) is 0 Å². The Hall–Kier alpha value is -3.55. The zero-order valence-corrected chi connectivity index (χ0v) is 14.9. The van der Waals surface area contributed by atoms with Gasteiger partial charge in [-0.25, -0.2) is 9.50 Å². The van der Waals surface area contributed by atoms with Crippen molar-refractivity contribution < 1.29 is 4.79 Å². The lowest BCUT2D eigenvalue weighted by Crippen LogP contribution is -2.25. The van der Waals surface area contributed by atoms with Gasteiger partial charge in [-0.3, -0.25) is 4.79 Å². The summed E-state index contributed by atoms with van der Waals surface area (Å²) < 4.78 is 1.78. The molecule has 0 saturated carbocycles. The molecule has 4 aromatic rings. The van der Waals surface area contributed by atoms with E-state index in [1.807, 2.05) is 55.7 Å². The van der Waals surface area contributed by atoms with E-state index < -0.39 is 0 Å². The SMILES string of the molecule is Cc1cc2ncc(CCCNC(=O)c3cnn(-c4ccccc4)n3)cn2n1. The van der Waals surface area contributed by atoms with Crippen molar-refractivity contribution in [3.05, 3.63) is 71.9 Å². The number of benzene rings is 1. The second-order valence-corrected chi connectivity index (χ2v) is 6.26. The minimum Gasteiger partial charge on any atom is -0.351 e. The van der Waals surface area contributed by atoms with Crippen molar-refractivity contribution in [2.24, 2.45) is 0 Å². The van der Waals surface area contributed by atoms with Crippen LogP contribution in [-0.2, 0) is 6.42 Å². The molecule has 0 radical (unpaired) electrons. The zero-order chi connectivity index (χ0) is 18.6. The first-order valence-corrected chi connectivity index (χ1v) is 8.76. The first kappa shape index (κ1) is 16.9. The van der Waals surface area contributed by atoms with Gasteiger partial charge in [0.15, 0.2) is 11.3 Å². The number of nitrogens with zero attached hydrogens (tertiary/aromatic N) is 6. The summed E-state index contributed by atoms with van der Waals surface area (Å²) in [5.74, 6) is -0.228. The molecule has 27 heavy (non-hydrogen) atoms. The van der Waals surface area contributed by atoms with Gasteiger partial charge < -0.3 is 5.32 Å². The van der Waals surface area contributed by atoms with Crippen molar-refractivity contribution in [2.45, 2.75) is 19.8 Å². The monoisotopic (exact) mass is 361 g/mol. The standard InChI is InChI=1S/C19H19N7O/c1-14-10-18-21-11-15(13-25(18)23-14)6-5-9-20-19(27)17-12-22-26(24-17)16-7-3-2-4-8-16/h2-4,7-8,10-13H,5-6,9H2,1H3,(H,20,27). The third-order valence-electron chi connectivity index (χ3n) is 4.13. The van der Waals surface area contributed by atoms with Gasteiger partial charge in [-0.15, -0.1) is 5.10 Å². The Morgan fingerprint density at radius 2 is 2.00 bits per heavy atom. The third kappa shape index (κ3) is 3.84. The highest BCUT2D eigenvalue weighted by Gasteiger charge is 2.11. The van der Waals surface area contributed by atoms with Gasteiger partial charge in [0.2, 0.25) is 0 Å². The molecular weight excluding hydrogens is 342 g/mol. The predicted octanol–water partition coefficient (Wildman–Crippen LogP) is 1.98. The van der Waals surface area contributed by atoms with E-state index in [9.17, 15) is 4.79 Å². The molecule has 0 aliphatic heterocycles. The maximum atomic E-state index is 12.2. The summed E-state index contributed by atoms with van der Waals surface area (Å²) in [5, 5.41) is 15.6. The number of hydrogen-bond acceptors (Lipinski definition) is 5. The van der Waals surface area contributed by atoms with Crippen LogP contribution in [0.3, 0.4) is 0 Å². The summed E-state index contributed by atoms with van der Waals surface area (Å²) in [7, 11) is 0. The van der Waals surface area contributed by atoms with Crippen molar-refractivity contribution in [2.75, 3.05) is 6.54 Å². The van der Waals surface area contributed by atoms with Gasteiger partial charge in [-0.1, -0.05) is 18.2 Å². The molecule has 0 aliphatic carbocycles. The van der Waals surface area contributed by atoms with Crippen molar-refractivity contribution in [1.82, 2.24) is 34.9 Å². The van der Waals surface area contributed by atoms with Crippen LogP contribution in [0.5, 0.6) is 0 Å². The molecule has 1 aromatic carbocycles. The van der Waals surface area contributed by atoms with E-state index in [0.717, 1.165) is 35.4 Å². The molecule has 0 spiro atoms. The molecule has 0 unspecified atom stereocenters. The van der Waals surface area contributed by atoms with Crippen molar-refractivity contribution in [3.63, 3.8) is 0 Å². The minimum atomic E-state index is -0.228. The van der Waals surface area contributed by atoms with Gasteiger partial charge in [0, 0.05) is 25.0 Å². The molecule has 8 heteroatoms. The van der Waals surface area contributed by atoms with E-state index in [4.69, 9.17) is 0 Å². The number of carbonyl (C=O) groups is 1. The lowest BCUT2D eigenvalue weighted by Gasteiger charge is -2.04. The normalized spacial score (nSPS) is 11.0. The molecule has 8 nitrogen and oxygen atoms in total. The molecule has 0 saturated heterocycles. The summed E-state index contributed by atoms with van der Waals surface area (Å²) in [5.41, 5.74) is 3.97. The number of hydrogen-bond donors (Lipinski definition) is 1. The number of nitrogens with one attached hydrogen (secondary N) is 1. The second-order valence-electron chi connectivity index (χ2n) is 6.26. The summed E-state index contributed by atoms with van der Waals surface area (Å²) in [6, 6.07) is 11.4. The number of fused-ring (bicyclic) bond motifs is 1. The summed E-state index contributed by atoms with van der Waals surface area (Å²) in [6.07, 6.45) is 6.90. The van der Waals surface area contributed by atoms with Gasteiger partial charge in [-0.05, 0) is 37.5 Å². The van der Waals surface area contributed by atoms with E-state index in [1.165, 1.54) is 11.0 Å². The van der Waals surface area contributed by atoms with Gasteiger partial charge in [0.25, 0.3) is 5.91 Å². The fourth-order valence-electron chi connectivity index (χ4n) is 2.80. The summed E-state index contributed by atoms with van der Waals surface area (Å²) in [4.78, 5) is 18.1. The molecular formula is C19H19N7O. The Balaban J connectivity index is 1.29. The van der Waals surface area contributed by atoms with Crippen LogP contribution in [0.25, 0.3) is 11.3 Å². The van der Waals surface area contributed by atoms with E-state index in [1.54, 1.807) is 4.52 Å². The van der Waals surface area contributed by atoms with Crippen molar-refractivity contribution >= 4 is 11.6 Å². The van der Waals surface area contributed by atoms with E-state index in [-0.39, 0.29) is 5.91 Å². The number of carbonyl (C=O) groups excluding carboxylic acids is 1. The third-order valence-corrected chi connectivity index (χ3v) is 4.13. The Bertz CT molecular complexity index is 1070. The van der Waals surface area contributed by atoms with Gasteiger partial charge in [-0.2, -0.15) is 15.0 Å². The van der Waals surface area contributed by atoms with Gasteiger partial charge >= 0.3 is 0 Å². The van der Waals surface area contributed by atoms with Crippen LogP contribution in [0.1, 0.15) is 28.2 Å². The number of amides is 1. The molecule has 4 rings (SSSR count). The highest BCUT2D eigenvalue weighted by molar-refractivity contribution is 5.91. The van der Waals surface area contributed by atoms with Gasteiger partial charge in [0.05, 0.1) is 17.6 Å². The molecule has 1 amide bonds. The number of aromatic nitrogens is 6. The first-order chi connectivity index (χ1) is 13.2. The molecule has 3 heterocycles. The van der Waals surface area contributed by atoms with E-state index in [2.05, 4.69) is 25.6 Å². The van der Waals surface area contributed by atoms with Crippen LogP contribution >= 0.6 is 0 Å². The fourth-order valence-corrected chi connectivity index (χ4v) is 2.80. The maximum Gasteiger partial charge on any atom is 0.273 e. The lowest BCUT2D eigenvalue weighted by molar-refractivity contribution is 0.0948. The quantitative estimate of drug-likeness (QED) is 0.530. The highest BCUT2D eigenvalue weighted by Crippen LogP contribution is 2.07. The van der Waals surface area contributed by atoms with Crippen LogP contribution in [-0.4, -0.2) is 42.0 Å². The molecule has 0 atom stereocenters. The Morgan fingerprint density at radius 3 is 2.85 bits per heavy atom. The molecule has 1 N–H and O–H groups in total. The number of para-hydroxylation sites is 1. The molecule has 0 aliphatic rings. The Kier molecular flexibility index (Phi) is 4.61. The highest BCUT2D eigenvalue weighted by atomic mass is 16.2. The largest absolute Gasteiger partial charge is 0.351 e. The average molecular weight is 361 g/mol. The van der Waals surface area contributed by atoms with Crippen LogP contribution in [0.15, 0.2) is 55.0 Å². The summed E-state index contributed by atoms with van der Waals surface area (Å²) >= 11 is 0. The molecule has 136 valence electrons. The van der Waals surface area contributed by atoms with Gasteiger partial charge in [0.1, 0.15) is 0 Å². The molecule has 0 fully saturated rings. The van der Waals surface area contributed by atoms with Crippen LogP contribution < -0.4 is 5.32 Å². The maximum absolute atomic E-state index is 12.2. The Morgan fingerprint density at radius 1 is 1.15 bits per heavy atom. The summed E-state index contributed by atoms with van der Waals surface area (Å²) in [6.45, 7) is 2.49. The first-order valence-electron chi connectivity index (χ1n) is 8.76. The van der Waals surface area contributed by atoms with Crippen molar-refractivity contribution in [3.8, 4) is 5.69 Å². The predicted molar refractivity (Wildman–Crippen MR) is 99.7 cm³/mol. The number of aryl methyl sites for hydroxylation is 2. The van der Waals surface area contributed by atoms with E-state index in [0.29, 0.717) is 12.2 Å². The average Bonchev–Trinajstić information content (AvgIpc) is 3.31. The molecule has 3 aromatic heterocycles. The topological polar surface area (TPSA) is 90.0 Å². The number of rotatable bonds is 6. The van der Waals surface area contributed by atoms with Crippen LogP contribution in [0.2, 0.25) is 0 Å². The fraction of sp³-hybridized carbons (Fsp3) is 0.211. The zero-order valence-electron chi connectivity index (χ0n) is 14.9. The smallest absolute Gasteiger partial charge is 0.273 e. The Labute approximate surface area is 155 Å².